The SMILES string of the molecule is CSc1ccc(-c2c[nH]c([C@@](NC3CCCCC3)(c3ncc[nH]3)C3CCCCC3)n2)cc1. The topological polar surface area (TPSA) is 69.4 Å². The predicted octanol–water partition coefficient (Wildman–Crippen LogP) is 6.27. The average molecular weight is 450 g/mol. The number of aromatic amines is 2. The van der Waals surface area contributed by atoms with Crippen LogP contribution < -0.4 is 5.32 Å². The molecule has 0 bridgehead atoms. The van der Waals surface area contributed by atoms with Gasteiger partial charge in [-0.2, -0.15) is 0 Å². The van der Waals surface area contributed by atoms with Crippen molar-refractivity contribution in [1.82, 2.24) is 25.3 Å². The van der Waals surface area contributed by atoms with Gasteiger partial charge in [-0.25, -0.2) is 9.97 Å². The van der Waals surface area contributed by atoms with Crippen molar-refractivity contribution in [2.24, 2.45) is 5.92 Å². The maximum Gasteiger partial charge on any atom is 0.138 e. The molecule has 2 aliphatic carbocycles. The van der Waals surface area contributed by atoms with Crippen molar-refractivity contribution in [3.63, 3.8) is 0 Å². The molecular formula is C26H35N5S. The molecule has 0 aliphatic heterocycles. The van der Waals surface area contributed by atoms with Gasteiger partial charge in [0.25, 0.3) is 0 Å². The van der Waals surface area contributed by atoms with Gasteiger partial charge >= 0.3 is 0 Å². The number of H-pyrrole nitrogens is 2. The Bertz CT molecular complexity index is 968. The van der Waals surface area contributed by atoms with Crippen LogP contribution in [0, 0.1) is 5.92 Å². The molecule has 2 heterocycles. The minimum Gasteiger partial charge on any atom is -0.347 e. The zero-order valence-electron chi connectivity index (χ0n) is 19.1. The van der Waals surface area contributed by atoms with E-state index in [1.54, 1.807) is 11.8 Å². The van der Waals surface area contributed by atoms with Crippen LogP contribution in [0.5, 0.6) is 0 Å². The van der Waals surface area contributed by atoms with Crippen LogP contribution in [0.1, 0.15) is 75.9 Å². The Labute approximate surface area is 195 Å². The summed E-state index contributed by atoms with van der Waals surface area (Å²) in [5, 5.41) is 4.15. The molecule has 0 radical (unpaired) electrons. The second-order valence-corrected chi connectivity index (χ2v) is 10.3. The molecular weight excluding hydrogens is 414 g/mol. The number of hydrogen-bond acceptors (Lipinski definition) is 4. The molecule has 2 aliphatic rings. The normalized spacial score (nSPS) is 20.3. The molecule has 0 saturated heterocycles. The first-order valence-electron chi connectivity index (χ1n) is 12.3. The van der Waals surface area contributed by atoms with Crippen LogP contribution in [-0.4, -0.2) is 32.2 Å². The second kappa shape index (κ2) is 9.84. The number of nitrogens with zero attached hydrogens (tertiary/aromatic N) is 2. The third-order valence-corrected chi connectivity index (χ3v) is 8.21. The molecule has 1 aromatic carbocycles. The van der Waals surface area contributed by atoms with E-state index in [0.29, 0.717) is 12.0 Å². The van der Waals surface area contributed by atoms with Gasteiger partial charge in [-0.1, -0.05) is 50.7 Å². The highest BCUT2D eigenvalue weighted by atomic mass is 32.2. The molecule has 1 atom stereocenters. The number of thioether (sulfide) groups is 1. The number of hydrogen-bond donors (Lipinski definition) is 3. The van der Waals surface area contributed by atoms with Crippen molar-refractivity contribution in [2.45, 2.75) is 80.7 Å². The lowest BCUT2D eigenvalue weighted by molar-refractivity contribution is 0.150. The molecule has 32 heavy (non-hydrogen) atoms. The van der Waals surface area contributed by atoms with E-state index in [1.807, 2.05) is 12.4 Å². The lowest BCUT2D eigenvalue weighted by Crippen LogP contribution is -2.55. The first-order valence-corrected chi connectivity index (χ1v) is 13.5. The Morgan fingerprint density at radius 3 is 2.28 bits per heavy atom. The van der Waals surface area contributed by atoms with E-state index in [1.165, 1.54) is 69.1 Å². The maximum absolute atomic E-state index is 5.22. The Balaban J connectivity index is 1.57. The number of rotatable bonds is 7. The number of imidazole rings is 2. The smallest absolute Gasteiger partial charge is 0.138 e. The highest BCUT2D eigenvalue weighted by molar-refractivity contribution is 7.98. The van der Waals surface area contributed by atoms with Crippen molar-refractivity contribution in [3.05, 3.63) is 54.5 Å². The van der Waals surface area contributed by atoms with E-state index in [-0.39, 0.29) is 0 Å². The first kappa shape index (κ1) is 21.8. The van der Waals surface area contributed by atoms with Gasteiger partial charge in [0.1, 0.15) is 17.2 Å². The van der Waals surface area contributed by atoms with E-state index in [2.05, 4.69) is 52.0 Å². The molecule has 5 rings (SSSR count). The Morgan fingerprint density at radius 1 is 0.906 bits per heavy atom. The first-order chi connectivity index (χ1) is 15.8. The monoisotopic (exact) mass is 449 g/mol. The van der Waals surface area contributed by atoms with Gasteiger partial charge in [0.15, 0.2) is 0 Å². The van der Waals surface area contributed by atoms with Crippen LogP contribution in [0.25, 0.3) is 11.3 Å². The van der Waals surface area contributed by atoms with Crippen LogP contribution in [0.3, 0.4) is 0 Å². The maximum atomic E-state index is 5.22. The summed E-state index contributed by atoms with van der Waals surface area (Å²) >= 11 is 1.77. The van der Waals surface area contributed by atoms with Crippen LogP contribution in [-0.2, 0) is 5.54 Å². The largest absolute Gasteiger partial charge is 0.347 e. The molecule has 6 heteroatoms. The van der Waals surface area contributed by atoms with Crippen molar-refractivity contribution < 1.29 is 0 Å². The molecule has 2 aromatic heterocycles. The van der Waals surface area contributed by atoms with Crippen LogP contribution in [0.2, 0.25) is 0 Å². The lowest BCUT2D eigenvalue weighted by Gasteiger charge is -2.43. The average Bonchev–Trinajstić information content (AvgIpc) is 3.57. The number of aromatic nitrogens is 4. The summed E-state index contributed by atoms with van der Waals surface area (Å²) in [6.07, 6.45) is 20.8. The molecule has 0 unspecified atom stereocenters. The number of benzene rings is 1. The van der Waals surface area contributed by atoms with Crippen molar-refractivity contribution >= 4 is 11.8 Å². The molecule has 2 fully saturated rings. The van der Waals surface area contributed by atoms with Gasteiger partial charge in [0, 0.05) is 35.1 Å². The molecule has 0 amide bonds. The van der Waals surface area contributed by atoms with Gasteiger partial charge in [-0.15, -0.1) is 11.8 Å². The molecule has 170 valence electrons. The fourth-order valence-electron chi connectivity index (χ4n) is 5.77. The van der Waals surface area contributed by atoms with Crippen molar-refractivity contribution in [3.8, 4) is 11.3 Å². The molecule has 3 aromatic rings. The van der Waals surface area contributed by atoms with Gasteiger partial charge in [-0.3, -0.25) is 5.32 Å². The summed E-state index contributed by atoms with van der Waals surface area (Å²) in [5.74, 6) is 2.49. The van der Waals surface area contributed by atoms with Gasteiger partial charge in [0.2, 0.25) is 0 Å². The third kappa shape index (κ3) is 4.27. The summed E-state index contributed by atoms with van der Waals surface area (Å²) in [4.78, 5) is 18.4. The third-order valence-electron chi connectivity index (χ3n) is 7.46. The minimum atomic E-state index is -0.399. The zero-order chi connectivity index (χ0) is 21.8. The van der Waals surface area contributed by atoms with E-state index in [9.17, 15) is 0 Å². The molecule has 5 nitrogen and oxygen atoms in total. The summed E-state index contributed by atoms with van der Waals surface area (Å²) in [5.41, 5.74) is 1.76. The van der Waals surface area contributed by atoms with Crippen LogP contribution in [0.4, 0.5) is 0 Å². The lowest BCUT2D eigenvalue weighted by atomic mass is 9.72. The molecule has 2 saturated carbocycles. The van der Waals surface area contributed by atoms with E-state index in [0.717, 1.165) is 22.9 Å². The molecule has 0 spiro atoms. The van der Waals surface area contributed by atoms with Crippen LogP contribution in [0.15, 0.2) is 47.8 Å². The van der Waals surface area contributed by atoms with E-state index in [4.69, 9.17) is 9.97 Å². The summed E-state index contributed by atoms with van der Waals surface area (Å²) < 4.78 is 0. The fourth-order valence-corrected chi connectivity index (χ4v) is 6.18. The van der Waals surface area contributed by atoms with Crippen molar-refractivity contribution in [1.29, 1.82) is 0 Å². The summed E-state index contributed by atoms with van der Waals surface area (Å²) in [6.45, 7) is 0. The van der Waals surface area contributed by atoms with E-state index < -0.39 is 5.54 Å². The highest BCUT2D eigenvalue weighted by Gasteiger charge is 2.48. The second-order valence-electron chi connectivity index (χ2n) is 9.42. The van der Waals surface area contributed by atoms with Crippen LogP contribution >= 0.6 is 11.8 Å². The Hall–Kier alpha value is -2.05. The fraction of sp³-hybridized carbons (Fsp3) is 0.538. The quantitative estimate of drug-likeness (QED) is 0.372. The Morgan fingerprint density at radius 2 is 1.62 bits per heavy atom. The van der Waals surface area contributed by atoms with E-state index >= 15 is 0 Å². The predicted molar refractivity (Wildman–Crippen MR) is 132 cm³/mol. The minimum absolute atomic E-state index is 0.399. The zero-order valence-corrected chi connectivity index (χ0v) is 19.9. The number of nitrogens with one attached hydrogen (secondary N) is 3. The summed E-state index contributed by atoms with van der Waals surface area (Å²) in [6, 6.07) is 9.21. The summed E-state index contributed by atoms with van der Waals surface area (Å²) in [7, 11) is 0. The van der Waals surface area contributed by atoms with Gasteiger partial charge in [-0.05, 0) is 50.0 Å². The Kier molecular flexibility index (Phi) is 6.69. The highest BCUT2D eigenvalue weighted by Crippen LogP contribution is 2.43. The molecule has 3 N–H and O–H groups in total. The van der Waals surface area contributed by atoms with Gasteiger partial charge < -0.3 is 9.97 Å². The van der Waals surface area contributed by atoms with Crippen molar-refractivity contribution in [2.75, 3.05) is 6.26 Å². The van der Waals surface area contributed by atoms with Gasteiger partial charge in [0.05, 0.1) is 5.69 Å². The standard InChI is InChI=1S/C26H35N5S/c1-32-22-14-12-19(13-15-22)23-18-29-25(30-23)26(24-27-16-17-28-24,20-8-4-2-5-9-20)31-21-10-6-3-7-11-21/h12-18,20-21,31H,2-11H2,1H3,(H,27,28)(H,29,30)/t26-/m0/s1.